The van der Waals surface area contributed by atoms with Crippen molar-refractivity contribution >= 4 is 41.7 Å². The minimum atomic E-state index is -0.502. The van der Waals surface area contributed by atoms with Gasteiger partial charge in [-0.1, -0.05) is 0 Å². The third-order valence-electron chi connectivity index (χ3n) is 4.90. The van der Waals surface area contributed by atoms with Crippen LogP contribution in [-0.4, -0.2) is 83.1 Å². The van der Waals surface area contributed by atoms with E-state index in [1.807, 2.05) is 39.0 Å². The second kappa shape index (κ2) is 12.8. The number of hydrogen-bond donors (Lipinski definition) is 2. The van der Waals surface area contributed by atoms with Gasteiger partial charge in [0.25, 0.3) is 0 Å². The Bertz CT molecular complexity index is 747. The van der Waals surface area contributed by atoms with Gasteiger partial charge in [-0.3, -0.25) is 4.99 Å². The zero-order valence-corrected chi connectivity index (χ0v) is 22.6. The van der Waals surface area contributed by atoms with E-state index in [4.69, 9.17) is 14.2 Å². The molecule has 1 aromatic rings. The largest absolute Gasteiger partial charge is 0.497 e. The van der Waals surface area contributed by atoms with Gasteiger partial charge in [-0.25, -0.2) is 4.79 Å². The number of carbonyl (C=O) groups is 1. The number of likely N-dealkylation sites (N-methyl/N-ethyl adjacent to an activating group) is 1. The van der Waals surface area contributed by atoms with Gasteiger partial charge < -0.3 is 34.6 Å². The molecule has 1 aromatic carbocycles. The summed E-state index contributed by atoms with van der Waals surface area (Å²) in [6, 6.07) is 6.16. The van der Waals surface area contributed by atoms with Crippen molar-refractivity contribution in [2.24, 2.45) is 4.99 Å². The first kappa shape index (κ1) is 27.9. The minimum absolute atomic E-state index is 0. The lowest BCUT2D eigenvalue weighted by Crippen LogP contribution is -2.47. The molecule has 9 nitrogen and oxygen atoms in total. The molecule has 1 aliphatic rings. The summed E-state index contributed by atoms with van der Waals surface area (Å²) in [5.41, 5.74) is 0.569. The number of rotatable bonds is 7. The molecular weight excluding hydrogens is 525 g/mol. The van der Waals surface area contributed by atoms with Crippen molar-refractivity contribution < 1.29 is 19.0 Å². The Labute approximate surface area is 208 Å². The van der Waals surface area contributed by atoms with Crippen LogP contribution in [0.25, 0.3) is 0 Å². The Morgan fingerprint density at radius 2 is 1.84 bits per heavy atom. The van der Waals surface area contributed by atoms with Gasteiger partial charge in [-0.2, -0.15) is 0 Å². The summed E-state index contributed by atoms with van der Waals surface area (Å²) in [5, 5.41) is 6.73. The van der Waals surface area contributed by atoms with Gasteiger partial charge in [0, 0.05) is 70.2 Å². The second-order valence-corrected chi connectivity index (χ2v) is 8.55. The van der Waals surface area contributed by atoms with Crippen LogP contribution in [0.3, 0.4) is 0 Å². The fourth-order valence-corrected chi connectivity index (χ4v) is 3.25. The number of amides is 1. The fourth-order valence-electron chi connectivity index (χ4n) is 3.25. The number of aliphatic imine (C=N–C) groups is 1. The van der Waals surface area contributed by atoms with Crippen molar-refractivity contribution in [2.75, 3.05) is 59.4 Å². The van der Waals surface area contributed by atoms with Crippen LogP contribution < -0.4 is 25.0 Å². The Morgan fingerprint density at radius 3 is 2.38 bits per heavy atom. The Hall–Kier alpha value is -2.11. The normalized spacial score (nSPS) is 16.2. The molecule has 0 radical (unpaired) electrons. The number of halogens is 1. The predicted octanol–water partition coefficient (Wildman–Crippen LogP) is 2.93. The summed E-state index contributed by atoms with van der Waals surface area (Å²) in [4.78, 5) is 20.2. The van der Waals surface area contributed by atoms with Gasteiger partial charge in [0.1, 0.15) is 17.1 Å². The lowest BCUT2D eigenvalue weighted by atomic mass is 10.2. The summed E-state index contributed by atoms with van der Waals surface area (Å²) < 4.78 is 16.1. The van der Waals surface area contributed by atoms with E-state index < -0.39 is 5.60 Å². The molecule has 1 fully saturated rings. The van der Waals surface area contributed by atoms with E-state index in [1.54, 1.807) is 33.2 Å². The van der Waals surface area contributed by atoms with Crippen LogP contribution in [0.15, 0.2) is 23.2 Å². The van der Waals surface area contributed by atoms with Crippen LogP contribution in [0.4, 0.5) is 10.5 Å². The highest BCUT2D eigenvalue weighted by molar-refractivity contribution is 14.0. The molecule has 0 saturated carbocycles. The number of methoxy groups -OCH3 is 2. The van der Waals surface area contributed by atoms with Crippen LogP contribution in [0, 0.1) is 0 Å². The molecule has 0 bridgehead atoms. The van der Waals surface area contributed by atoms with E-state index in [0.717, 1.165) is 36.7 Å². The van der Waals surface area contributed by atoms with E-state index >= 15 is 0 Å². The highest BCUT2D eigenvalue weighted by Crippen LogP contribution is 2.30. The molecule has 182 valence electrons. The number of ether oxygens (including phenoxy) is 3. The van der Waals surface area contributed by atoms with Crippen molar-refractivity contribution in [2.45, 2.75) is 38.8 Å². The van der Waals surface area contributed by atoms with E-state index in [2.05, 4.69) is 20.5 Å². The van der Waals surface area contributed by atoms with Crippen molar-refractivity contribution in [1.82, 2.24) is 15.5 Å². The number of nitrogens with zero attached hydrogens (tertiary/aromatic N) is 3. The monoisotopic (exact) mass is 563 g/mol. The van der Waals surface area contributed by atoms with Crippen LogP contribution in [0.2, 0.25) is 0 Å². The molecule has 0 aromatic heterocycles. The van der Waals surface area contributed by atoms with Crippen molar-refractivity contribution in [3.05, 3.63) is 18.2 Å². The Balaban J connectivity index is 0.00000512. The van der Waals surface area contributed by atoms with Crippen molar-refractivity contribution in [1.29, 1.82) is 0 Å². The zero-order valence-electron chi connectivity index (χ0n) is 20.2. The standard InChI is InChI=1S/C22H37N5O4.HI/c1-22(2,3)31-21(28)26(5)11-9-24-20(23-4)25-16-8-10-27(15-16)17-12-18(29-6)14-19(13-17)30-7;/h12-14,16H,8-11,15H2,1-7H3,(H2,23,24,25);1H. The maximum Gasteiger partial charge on any atom is 0.410 e. The van der Waals surface area contributed by atoms with Gasteiger partial charge in [0.15, 0.2) is 5.96 Å². The molecule has 32 heavy (non-hydrogen) atoms. The quantitative estimate of drug-likeness (QED) is 0.300. The van der Waals surface area contributed by atoms with Gasteiger partial charge in [0.2, 0.25) is 0 Å². The number of anilines is 1. The van der Waals surface area contributed by atoms with E-state index in [0.29, 0.717) is 19.0 Å². The zero-order chi connectivity index (χ0) is 23.0. The van der Waals surface area contributed by atoms with E-state index in [1.165, 1.54) is 0 Å². The third-order valence-corrected chi connectivity index (χ3v) is 4.90. The average Bonchev–Trinajstić information content (AvgIpc) is 3.19. The van der Waals surface area contributed by atoms with Crippen molar-refractivity contribution in [3.63, 3.8) is 0 Å². The van der Waals surface area contributed by atoms with Crippen LogP contribution >= 0.6 is 24.0 Å². The summed E-state index contributed by atoms with van der Waals surface area (Å²) in [6.07, 6.45) is 0.648. The topological polar surface area (TPSA) is 87.7 Å². The molecule has 2 N–H and O–H groups in total. The lowest BCUT2D eigenvalue weighted by molar-refractivity contribution is 0.0302. The molecule has 1 unspecified atom stereocenters. The minimum Gasteiger partial charge on any atom is -0.497 e. The van der Waals surface area contributed by atoms with Gasteiger partial charge in [0.05, 0.1) is 14.2 Å². The van der Waals surface area contributed by atoms with Crippen molar-refractivity contribution in [3.8, 4) is 11.5 Å². The third kappa shape index (κ3) is 8.79. The number of guanidine groups is 1. The summed E-state index contributed by atoms with van der Waals surface area (Å²) in [5.74, 6) is 2.27. The van der Waals surface area contributed by atoms with E-state index in [-0.39, 0.29) is 36.1 Å². The first-order valence-corrected chi connectivity index (χ1v) is 10.5. The second-order valence-electron chi connectivity index (χ2n) is 8.55. The molecule has 1 heterocycles. The molecule has 0 aliphatic carbocycles. The number of nitrogens with one attached hydrogen (secondary N) is 2. The van der Waals surface area contributed by atoms with Gasteiger partial charge >= 0.3 is 6.09 Å². The number of hydrogen-bond acceptors (Lipinski definition) is 6. The van der Waals surface area contributed by atoms with Gasteiger partial charge in [-0.05, 0) is 27.2 Å². The highest BCUT2D eigenvalue weighted by atomic mass is 127. The molecule has 1 saturated heterocycles. The average molecular weight is 563 g/mol. The summed E-state index contributed by atoms with van der Waals surface area (Å²) in [6.45, 7) is 8.41. The maximum absolute atomic E-state index is 12.1. The van der Waals surface area contributed by atoms with Crippen LogP contribution in [0.5, 0.6) is 11.5 Å². The van der Waals surface area contributed by atoms with Crippen LogP contribution in [-0.2, 0) is 4.74 Å². The Morgan fingerprint density at radius 1 is 1.22 bits per heavy atom. The van der Waals surface area contributed by atoms with Gasteiger partial charge in [-0.15, -0.1) is 24.0 Å². The number of benzene rings is 1. The molecule has 2 rings (SSSR count). The number of carbonyl (C=O) groups excluding carboxylic acids is 1. The fraction of sp³-hybridized carbons (Fsp3) is 0.636. The Kier molecular flexibility index (Phi) is 11.2. The first-order chi connectivity index (χ1) is 14.6. The van der Waals surface area contributed by atoms with E-state index in [9.17, 15) is 4.79 Å². The lowest BCUT2D eigenvalue weighted by Gasteiger charge is -2.25. The summed E-state index contributed by atoms with van der Waals surface area (Å²) in [7, 11) is 6.78. The molecule has 1 aliphatic heterocycles. The SMILES string of the molecule is CN=C(NCCN(C)C(=O)OC(C)(C)C)NC1CCN(c2cc(OC)cc(OC)c2)C1.I. The molecule has 1 amide bonds. The highest BCUT2D eigenvalue weighted by Gasteiger charge is 2.24. The predicted molar refractivity (Wildman–Crippen MR) is 139 cm³/mol. The van der Waals surface area contributed by atoms with Crippen LogP contribution in [0.1, 0.15) is 27.2 Å². The molecule has 1 atom stereocenters. The first-order valence-electron chi connectivity index (χ1n) is 10.5. The molecule has 10 heteroatoms. The summed E-state index contributed by atoms with van der Waals surface area (Å²) >= 11 is 0. The molecule has 0 spiro atoms. The maximum atomic E-state index is 12.1. The molecular formula is C22H38IN5O4. The smallest absolute Gasteiger partial charge is 0.410 e.